The molecular weight excluding hydrogens is 369 g/mol. The van der Waals surface area contributed by atoms with Crippen LogP contribution in [0.1, 0.15) is 13.8 Å². The molecule has 82 valence electrons. The molecule has 15 heavy (non-hydrogen) atoms. The molecule has 0 aliphatic carbocycles. The van der Waals surface area contributed by atoms with Crippen LogP contribution in [0.25, 0.3) is 0 Å². The maximum atomic E-state index is 4.21. The lowest BCUT2D eigenvalue weighted by atomic mass is 10.3. The average Bonchev–Trinajstić information content (AvgIpc) is 2.22. The molecule has 0 spiro atoms. The highest BCUT2D eigenvalue weighted by Crippen LogP contribution is 2.25. The van der Waals surface area contributed by atoms with Crippen molar-refractivity contribution >= 4 is 44.2 Å². The third-order valence-electron chi connectivity index (χ3n) is 1.92. The Kier molecular flexibility index (Phi) is 5.52. The highest BCUT2D eigenvalue weighted by atomic mass is 127. The van der Waals surface area contributed by atoms with Gasteiger partial charge < -0.3 is 0 Å². The second-order valence-corrected chi connectivity index (χ2v) is 5.00. The Morgan fingerprint density at radius 2 is 2.00 bits per heavy atom. The van der Waals surface area contributed by atoms with Crippen molar-refractivity contribution in [2.45, 2.75) is 13.8 Å². The predicted octanol–water partition coefficient (Wildman–Crippen LogP) is 4.39. The summed E-state index contributed by atoms with van der Waals surface area (Å²) in [6, 6.07) is 5.95. The summed E-state index contributed by atoms with van der Waals surface area (Å²) < 4.78 is 2.16. The van der Waals surface area contributed by atoms with Gasteiger partial charge in [-0.05, 0) is 54.6 Å². The van der Waals surface area contributed by atoms with Crippen LogP contribution in [0.15, 0.2) is 33.0 Å². The van der Waals surface area contributed by atoms with Gasteiger partial charge in [-0.2, -0.15) is 0 Å². The summed E-state index contributed by atoms with van der Waals surface area (Å²) in [4.78, 5) is 0. The van der Waals surface area contributed by atoms with Crippen LogP contribution in [0, 0.1) is 3.57 Å². The fourth-order valence-electron chi connectivity index (χ4n) is 1.02. The molecule has 0 radical (unpaired) electrons. The largest absolute Gasteiger partial charge is 0.279 e. The molecule has 0 fully saturated rings. The zero-order chi connectivity index (χ0) is 11.3. The van der Waals surface area contributed by atoms with E-state index >= 15 is 0 Å². The number of hydrogen-bond donors (Lipinski definition) is 0. The van der Waals surface area contributed by atoms with Crippen molar-refractivity contribution in [2.24, 2.45) is 10.3 Å². The van der Waals surface area contributed by atoms with Crippen molar-refractivity contribution in [3.05, 3.63) is 26.2 Å². The summed E-state index contributed by atoms with van der Waals surface area (Å²) in [5, 5.41) is 10.3. The standard InChI is InChI=1S/C10H13BrIN3/c1-3-15(4-2)14-13-10-6-5-8(11)7-9(10)12/h5-7H,3-4H2,1-2H3. The van der Waals surface area contributed by atoms with Crippen LogP contribution in [0.3, 0.4) is 0 Å². The van der Waals surface area contributed by atoms with Gasteiger partial charge in [-0.1, -0.05) is 21.2 Å². The Balaban J connectivity index is 2.80. The van der Waals surface area contributed by atoms with Crippen molar-refractivity contribution in [1.29, 1.82) is 0 Å². The molecule has 0 aliphatic heterocycles. The summed E-state index contributed by atoms with van der Waals surface area (Å²) in [7, 11) is 0. The molecule has 0 aromatic heterocycles. The van der Waals surface area contributed by atoms with Gasteiger partial charge in [0.15, 0.2) is 0 Å². The summed E-state index contributed by atoms with van der Waals surface area (Å²) in [5.74, 6) is 0. The molecule has 3 nitrogen and oxygen atoms in total. The van der Waals surface area contributed by atoms with Crippen molar-refractivity contribution in [1.82, 2.24) is 5.01 Å². The Bertz CT molecular complexity index is 351. The smallest absolute Gasteiger partial charge is 0.101 e. The van der Waals surface area contributed by atoms with Gasteiger partial charge in [0.1, 0.15) is 5.69 Å². The number of rotatable bonds is 4. The lowest BCUT2D eigenvalue weighted by Gasteiger charge is -2.11. The lowest BCUT2D eigenvalue weighted by Crippen LogP contribution is -2.14. The third kappa shape index (κ3) is 4.06. The third-order valence-corrected chi connectivity index (χ3v) is 3.28. The Morgan fingerprint density at radius 1 is 1.33 bits per heavy atom. The molecule has 0 bridgehead atoms. The van der Waals surface area contributed by atoms with E-state index in [0.717, 1.165) is 26.8 Å². The molecule has 1 aromatic carbocycles. The fourth-order valence-corrected chi connectivity index (χ4v) is 2.44. The summed E-state index contributed by atoms with van der Waals surface area (Å²) >= 11 is 5.67. The summed E-state index contributed by atoms with van der Waals surface area (Å²) in [6.07, 6.45) is 0. The maximum absolute atomic E-state index is 4.21. The molecule has 1 aromatic rings. The van der Waals surface area contributed by atoms with Crippen LogP contribution < -0.4 is 0 Å². The van der Waals surface area contributed by atoms with Crippen LogP contribution in [-0.4, -0.2) is 18.1 Å². The highest BCUT2D eigenvalue weighted by molar-refractivity contribution is 14.1. The maximum Gasteiger partial charge on any atom is 0.101 e. The first-order chi connectivity index (χ1) is 7.17. The molecule has 5 heteroatoms. The summed E-state index contributed by atoms with van der Waals surface area (Å²) in [5.41, 5.74) is 0.908. The van der Waals surface area contributed by atoms with E-state index in [-0.39, 0.29) is 0 Å². The minimum atomic E-state index is 0.882. The van der Waals surface area contributed by atoms with Gasteiger partial charge >= 0.3 is 0 Å². The highest BCUT2D eigenvalue weighted by Gasteiger charge is 1.99. The molecule has 0 heterocycles. The second kappa shape index (κ2) is 6.42. The van der Waals surface area contributed by atoms with Crippen molar-refractivity contribution < 1.29 is 0 Å². The van der Waals surface area contributed by atoms with Gasteiger partial charge in [-0.3, -0.25) is 5.01 Å². The van der Waals surface area contributed by atoms with E-state index in [1.807, 2.05) is 23.2 Å². The first kappa shape index (κ1) is 12.9. The number of hydrogen-bond acceptors (Lipinski definition) is 2. The van der Waals surface area contributed by atoms with Gasteiger partial charge in [0, 0.05) is 21.1 Å². The summed E-state index contributed by atoms with van der Waals surface area (Å²) in [6.45, 7) is 5.89. The van der Waals surface area contributed by atoms with E-state index in [1.54, 1.807) is 0 Å². The quantitative estimate of drug-likeness (QED) is 0.431. The van der Waals surface area contributed by atoms with Crippen LogP contribution in [0.5, 0.6) is 0 Å². The van der Waals surface area contributed by atoms with E-state index in [0.29, 0.717) is 0 Å². The van der Waals surface area contributed by atoms with Gasteiger partial charge in [0.2, 0.25) is 0 Å². The first-order valence-corrected chi connectivity index (χ1v) is 6.66. The van der Waals surface area contributed by atoms with Gasteiger partial charge in [-0.25, -0.2) is 0 Å². The molecule has 0 saturated carbocycles. The number of halogens is 2. The van der Waals surface area contributed by atoms with Crippen molar-refractivity contribution in [3.8, 4) is 0 Å². The SMILES string of the molecule is CCN(CC)N=Nc1ccc(Br)cc1I. The van der Waals surface area contributed by atoms with Crippen LogP contribution in [0.2, 0.25) is 0 Å². The predicted molar refractivity (Wildman–Crippen MR) is 74.3 cm³/mol. The van der Waals surface area contributed by atoms with Crippen LogP contribution in [0.4, 0.5) is 5.69 Å². The minimum Gasteiger partial charge on any atom is -0.279 e. The monoisotopic (exact) mass is 381 g/mol. The number of benzene rings is 1. The van der Waals surface area contributed by atoms with Gasteiger partial charge in [-0.15, -0.1) is 5.11 Å². The molecule has 1 rings (SSSR count). The molecule has 0 N–H and O–H groups in total. The van der Waals surface area contributed by atoms with Gasteiger partial charge in [0.25, 0.3) is 0 Å². The molecule has 0 atom stereocenters. The van der Waals surface area contributed by atoms with E-state index in [1.165, 1.54) is 0 Å². The number of nitrogens with zero attached hydrogens (tertiary/aromatic N) is 3. The molecule has 0 aliphatic rings. The first-order valence-electron chi connectivity index (χ1n) is 4.79. The van der Waals surface area contributed by atoms with E-state index < -0.39 is 0 Å². The van der Waals surface area contributed by atoms with E-state index in [4.69, 9.17) is 0 Å². The van der Waals surface area contributed by atoms with E-state index in [9.17, 15) is 0 Å². The lowest BCUT2D eigenvalue weighted by molar-refractivity contribution is 0.300. The molecular formula is C10H13BrIN3. The Labute approximate surface area is 112 Å². The van der Waals surface area contributed by atoms with Crippen LogP contribution in [-0.2, 0) is 0 Å². The minimum absolute atomic E-state index is 0.882. The molecule has 0 amide bonds. The average molecular weight is 382 g/mol. The van der Waals surface area contributed by atoms with E-state index in [2.05, 4.69) is 62.7 Å². The molecule has 0 saturated heterocycles. The fraction of sp³-hybridized carbons (Fsp3) is 0.400. The van der Waals surface area contributed by atoms with Gasteiger partial charge in [0.05, 0.1) is 0 Å². The Morgan fingerprint density at radius 3 is 2.53 bits per heavy atom. The normalized spacial score (nSPS) is 10.9. The zero-order valence-corrected chi connectivity index (χ0v) is 12.5. The van der Waals surface area contributed by atoms with Crippen molar-refractivity contribution in [3.63, 3.8) is 0 Å². The molecule has 0 unspecified atom stereocenters. The van der Waals surface area contributed by atoms with Crippen LogP contribution >= 0.6 is 38.5 Å². The second-order valence-electron chi connectivity index (χ2n) is 2.92. The Hall–Kier alpha value is -0.170. The topological polar surface area (TPSA) is 28.0 Å². The van der Waals surface area contributed by atoms with Crippen molar-refractivity contribution in [2.75, 3.05) is 13.1 Å². The zero-order valence-electron chi connectivity index (χ0n) is 8.74.